The Morgan fingerprint density at radius 2 is 1.83 bits per heavy atom. The largest absolute Gasteiger partial charge is 0.103 e. The standard InChI is InChI=1S/C12H24/c1-7-11(8-2)12(6,9-3)10(4)5/h7,10-11H,1,8-9H2,2-6H3. The topological polar surface area (TPSA) is 0 Å². The molecule has 0 aromatic carbocycles. The zero-order chi connectivity index (χ0) is 9.78. The molecule has 0 aliphatic carbocycles. The number of allylic oxidation sites excluding steroid dienone is 1. The van der Waals surface area contributed by atoms with Gasteiger partial charge in [0.25, 0.3) is 0 Å². The van der Waals surface area contributed by atoms with Gasteiger partial charge in [-0.1, -0.05) is 40.7 Å². The van der Waals surface area contributed by atoms with Crippen LogP contribution in [0.5, 0.6) is 0 Å². The molecule has 0 saturated heterocycles. The first-order valence-electron chi connectivity index (χ1n) is 5.15. The molecular formula is C12H24. The van der Waals surface area contributed by atoms with Crippen molar-refractivity contribution in [3.05, 3.63) is 12.7 Å². The van der Waals surface area contributed by atoms with Crippen molar-refractivity contribution in [1.82, 2.24) is 0 Å². The Hall–Kier alpha value is -0.260. The molecule has 0 aliphatic rings. The lowest BCUT2D eigenvalue weighted by Crippen LogP contribution is -2.30. The quantitative estimate of drug-likeness (QED) is 0.538. The minimum Gasteiger partial charge on any atom is -0.103 e. The van der Waals surface area contributed by atoms with E-state index >= 15 is 0 Å². The second-order valence-electron chi connectivity index (χ2n) is 4.26. The maximum Gasteiger partial charge on any atom is -0.0182 e. The second-order valence-corrected chi connectivity index (χ2v) is 4.26. The van der Waals surface area contributed by atoms with E-state index in [9.17, 15) is 0 Å². The third kappa shape index (κ3) is 2.12. The van der Waals surface area contributed by atoms with Crippen LogP contribution in [-0.2, 0) is 0 Å². The molecule has 72 valence electrons. The molecule has 0 rings (SSSR count). The van der Waals surface area contributed by atoms with E-state index in [1.165, 1.54) is 12.8 Å². The highest BCUT2D eigenvalue weighted by atomic mass is 14.4. The Morgan fingerprint density at radius 1 is 1.33 bits per heavy atom. The summed E-state index contributed by atoms with van der Waals surface area (Å²) in [5.74, 6) is 1.41. The molecule has 0 aromatic rings. The zero-order valence-corrected chi connectivity index (χ0v) is 9.35. The van der Waals surface area contributed by atoms with E-state index in [0.717, 1.165) is 5.92 Å². The van der Waals surface area contributed by atoms with Gasteiger partial charge in [0, 0.05) is 0 Å². The molecule has 0 nitrogen and oxygen atoms in total. The lowest BCUT2D eigenvalue weighted by molar-refractivity contribution is 0.135. The first kappa shape index (κ1) is 11.7. The van der Waals surface area contributed by atoms with Gasteiger partial charge in [0.05, 0.1) is 0 Å². The Bertz CT molecular complexity index is 135. The summed E-state index contributed by atoms with van der Waals surface area (Å²) >= 11 is 0. The summed E-state index contributed by atoms with van der Waals surface area (Å²) in [7, 11) is 0. The van der Waals surface area contributed by atoms with Gasteiger partial charge in [0.1, 0.15) is 0 Å². The molecule has 0 bridgehead atoms. The van der Waals surface area contributed by atoms with Crippen LogP contribution in [-0.4, -0.2) is 0 Å². The summed E-state index contributed by atoms with van der Waals surface area (Å²) in [4.78, 5) is 0. The van der Waals surface area contributed by atoms with Crippen LogP contribution in [0.4, 0.5) is 0 Å². The molecule has 0 heteroatoms. The fourth-order valence-corrected chi connectivity index (χ4v) is 2.00. The molecule has 0 radical (unpaired) electrons. The van der Waals surface area contributed by atoms with Gasteiger partial charge in [0.15, 0.2) is 0 Å². The predicted molar refractivity (Wildman–Crippen MR) is 57.2 cm³/mol. The van der Waals surface area contributed by atoms with Crippen LogP contribution in [0.3, 0.4) is 0 Å². The van der Waals surface area contributed by atoms with Gasteiger partial charge in [-0.2, -0.15) is 0 Å². The van der Waals surface area contributed by atoms with Crippen molar-refractivity contribution in [2.24, 2.45) is 17.3 Å². The minimum absolute atomic E-state index is 0.441. The molecule has 0 amide bonds. The highest BCUT2D eigenvalue weighted by Gasteiger charge is 2.32. The summed E-state index contributed by atoms with van der Waals surface area (Å²) in [5, 5.41) is 0. The van der Waals surface area contributed by atoms with E-state index in [4.69, 9.17) is 0 Å². The highest BCUT2D eigenvalue weighted by Crippen LogP contribution is 2.40. The maximum absolute atomic E-state index is 3.93. The summed E-state index contributed by atoms with van der Waals surface area (Å²) in [6.45, 7) is 15.5. The Balaban J connectivity index is 4.58. The van der Waals surface area contributed by atoms with Crippen LogP contribution >= 0.6 is 0 Å². The molecule has 12 heavy (non-hydrogen) atoms. The van der Waals surface area contributed by atoms with Crippen LogP contribution < -0.4 is 0 Å². The molecular weight excluding hydrogens is 144 g/mol. The lowest BCUT2D eigenvalue weighted by atomic mass is 9.66. The van der Waals surface area contributed by atoms with E-state index in [1.807, 2.05) is 0 Å². The monoisotopic (exact) mass is 168 g/mol. The van der Waals surface area contributed by atoms with Crippen LogP contribution in [0.25, 0.3) is 0 Å². The van der Waals surface area contributed by atoms with Gasteiger partial charge < -0.3 is 0 Å². The normalized spacial score (nSPS) is 18.8. The maximum atomic E-state index is 3.93. The minimum atomic E-state index is 0.441. The number of hydrogen-bond donors (Lipinski definition) is 0. The van der Waals surface area contributed by atoms with E-state index < -0.39 is 0 Å². The molecule has 0 fully saturated rings. The van der Waals surface area contributed by atoms with Crippen LogP contribution in [0.1, 0.15) is 47.5 Å². The Labute approximate surface area is 78.1 Å². The van der Waals surface area contributed by atoms with Crippen molar-refractivity contribution >= 4 is 0 Å². The number of hydrogen-bond acceptors (Lipinski definition) is 0. The fourth-order valence-electron chi connectivity index (χ4n) is 2.00. The first-order chi connectivity index (χ1) is 5.52. The highest BCUT2D eigenvalue weighted by molar-refractivity contribution is 4.92. The smallest absolute Gasteiger partial charge is 0.0182 e. The fraction of sp³-hybridized carbons (Fsp3) is 0.833. The molecule has 0 spiro atoms. The predicted octanol–water partition coefficient (Wildman–Crippen LogP) is 4.27. The second kappa shape index (κ2) is 4.69. The zero-order valence-electron chi connectivity index (χ0n) is 9.35. The van der Waals surface area contributed by atoms with Crippen molar-refractivity contribution in [2.45, 2.75) is 47.5 Å². The Morgan fingerprint density at radius 3 is 1.92 bits per heavy atom. The molecule has 0 aromatic heterocycles. The van der Waals surface area contributed by atoms with Crippen LogP contribution in [0.15, 0.2) is 12.7 Å². The van der Waals surface area contributed by atoms with Crippen LogP contribution in [0.2, 0.25) is 0 Å². The van der Waals surface area contributed by atoms with Gasteiger partial charge in [0.2, 0.25) is 0 Å². The molecule has 2 unspecified atom stereocenters. The summed E-state index contributed by atoms with van der Waals surface area (Å²) in [6.07, 6.45) is 4.59. The molecule has 0 heterocycles. The third-order valence-corrected chi connectivity index (χ3v) is 3.65. The SMILES string of the molecule is C=CC(CC)C(C)(CC)C(C)C. The average molecular weight is 168 g/mol. The third-order valence-electron chi connectivity index (χ3n) is 3.65. The average Bonchev–Trinajstić information content (AvgIpc) is 2.05. The summed E-state index contributed by atoms with van der Waals surface area (Å²) in [6, 6.07) is 0. The molecule has 0 saturated carbocycles. The Kier molecular flexibility index (Phi) is 4.59. The van der Waals surface area contributed by atoms with E-state index in [0.29, 0.717) is 11.3 Å². The van der Waals surface area contributed by atoms with Crippen molar-refractivity contribution in [3.8, 4) is 0 Å². The van der Waals surface area contributed by atoms with E-state index in [1.54, 1.807) is 0 Å². The van der Waals surface area contributed by atoms with Crippen molar-refractivity contribution < 1.29 is 0 Å². The van der Waals surface area contributed by atoms with Crippen LogP contribution in [0, 0.1) is 17.3 Å². The van der Waals surface area contributed by atoms with Gasteiger partial charge in [-0.15, -0.1) is 6.58 Å². The van der Waals surface area contributed by atoms with Crippen molar-refractivity contribution in [1.29, 1.82) is 0 Å². The van der Waals surface area contributed by atoms with E-state index in [-0.39, 0.29) is 0 Å². The summed E-state index contributed by atoms with van der Waals surface area (Å²) in [5.41, 5.74) is 0.441. The number of rotatable bonds is 5. The van der Waals surface area contributed by atoms with Gasteiger partial charge >= 0.3 is 0 Å². The van der Waals surface area contributed by atoms with Crippen molar-refractivity contribution in [2.75, 3.05) is 0 Å². The molecule has 2 atom stereocenters. The van der Waals surface area contributed by atoms with Crippen molar-refractivity contribution in [3.63, 3.8) is 0 Å². The molecule has 0 aliphatic heterocycles. The van der Waals surface area contributed by atoms with Gasteiger partial charge in [-0.05, 0) is 30.1 Å². The van der Waals surface area contributed by atoms with Gasteiger partial charge in [-0.25, -0.2) is 0 Å². The summed E-state index contributed by atoms with van der Waals surface area (Å²) < 4.78 is 0. The van der Waals surface area contributed by atoms with Gasteiger partial charge in [-0.3, -0.25) is 0 Å². The first-order valence-corrected chi connectivity index (χ1v) is 5.15. The lowest BCUT2D eigenvalue weighted by Gasteiger charge is -2.38. The van der Waals surface area contributed by atoms with E-state index in [2.05, 4.69) is 47.3 Å². The molecule has 0 N–H and O–H groups in total.